The van der Waals surface area contributed by atoms with Crippen LogP contribution in [-0.2, 0) is 6.42 Å². The standard InChI is InChI=1S/C21H22BrN7O2/c22-13-6-12-5-10(2-4-14(12)28-19(13)23)1-3-11-7-15(18(31)17(11)30)29-9-27-16-20(24)25-8-26-21(16)29/h2,4-6,8-9,11,15,17-18,30-31H,1,3,7H2,(H2,23,28)(H2,24,25,26)/t11-,15+,17+,18-/m0/s1. The van der Waals surface area contributed by atoms with E-state index >= 15 is 0 Å². The van der Waals surface area contributed by atoms with Crippen LogP contribution in [0.5, 0.6) is 0 Å². The van der Waals surface area contributed by atoms with Crippen LogP contribution >= 0.6 is 15.9 Å². The molecule has 0 amide bonds. The smallest absolute Gasteiger partial charge is 0.165 e. The van der Waals surface area contributed by atoms with Crippen LogP contribution in [0, 0.1) is 5.92 Å². The van der Waals surface area contributed by atoms with Gasteiger partial charge in [-0.05, 0) is 64.9 Å². The molecule has 4 atom stereocenters. The van der Waals surface area contributed by atoms with Crippen molar-refractivity contribution in [2.24, 2.45) is 5.92 Å². The van der Waals surface area contributed by atoms with Gasteiger partial charge in [-0.25, -0.2) is 19.9 Å². The molecule has 5 rings (SSSR count). The van der Waals surface area contributed by atoms with E-state index in [2.05, 4.69) is 41.9 Å². The van der Waals surface area contributed by atoms with E-state index in [1.165, 1.54) is 6.33 Å². The molecule has 0 aliphatic heterocycles. The van der Waals surface area contributed by atoms with Gasteiger partial charge in [-0.2, -0.15) is 0 Å². The van der Waals surface area contributed by atoms with Crippen LogP contribution < -0.4 is 11.5 Å². The highest BCUT2D eigenvalue weighted by molar-refractivity contribution is 9.10. The molecule has 4 aromatic rings. The fourth-order valence-corrected chi connectivity index (χ4v) is 4.83. The van der Waals surface area contributed by atoms with Crippen molar-refractivity contribution in [1.82, 2.24) is 24.5 Å². The Morgan fingerprint density at radius 1 is 1.06 bits per heavy atom. The van der Waals surface area contributed by atoms with E-state index in [1.54, 1.807) is 10.9 Å². The number of aliphatic hydroxyl groups excluding tert-OH is 2. The number of nitrogens with zero attached hydrogens (tertiary/aromatic N) is 5. The Kier molecular flexibility index (Phi) is 4.99. The second-order valence-electron chi connectivity index (χ2n) is 8.05. The predicted molar refractivity (Wildman–Crippen MR) is 121 cm³/mol. The second kappa shape index (κ2) is 7.70. The number of anilines is 2. The molecule has 0 saturated heterocycles. The zero-order valence-corrected chi connectivity index (χ0v) is 18.1. The maximum atomic E-state index is 10.7. The Labute approximate surface area is 186 Å². The van der Waals surface area contributed by atoms with Crippen LogP contribution in [0.3, 0.4) is 0 Å². The van der Waals surface area contributed by atoms with Crippen molar-refractivity contribution in [1.29, 1.82) is 0 Å². The third-order valence-corrected chi connectivity index (χ3v) is 6.81. The van der Waals surface area contributed by atoms with Crippen LogP contribution in [0.15, 0.2) is 41.4 Å². The number of benzene rings is 1. The third kappa shape index (κ3) is 3.50. The molecule has 0 spiro atoms. The van der Waals surface area contributed by atoms with Gasteiger partial charge in [-0.3, -0.25) is 0 Å². The van der Waals surface area contributed by atoms with Gasteiger partial charge in [0.25, 0.3) is 0 Å². The molecule has 0 radical (unpaired) electrons. The summed E-state index contributed by atoms with van der Waals surface area (Å²) in [5, 5.41) is 22.4. The van der Waals surface area contributed by atoms with E-state index in [1.807, 2.05) is 18.2 Å². The number of nitrogen functional groups attached to an aromatic ring is 2. The van der Waals surface area contributed by atoms with E-state index < -0.39 is 12.2 Å². The second-order valence-corrected chi connectivity index (χ2v) is 8.90. The summed E-state index contributed by atoms with van der Waals surface area (Å²) in [6, 6.07) is 7.71. The molecular weight excluding hydrogens is 462 g/mol. The lowest BCUT2D eigenvalue weighted by Crippen LogP contribution is -2.29. The molecule has 6 N–H and O–H groups in total. The first-order chi connectivity index (χ1) is 14.9. The first kappa shape index (κ1) is 20.1. The number of nitrogens with two attached hydrogens (primary N) is 2. The number of hydrogen-bond acceptors (Lipinski definition) is 8. The van der Waals surface area contributed by atoms with Crippen LogP contribution in [-0.4, -0.2) is 46.9 Å². The Balaban J connectivity index is 1.34. The van der Waals surface area contributed by atoms with Crippen molar-refractivity contribution < 1.29 is 10.2 Å². The van der Waals surface area contributed by atoms with Gasteiger partial charge in [0.1, 0.15) is 23.8 Å². The topological polar surface area (TPSA) is 149 Å². The molecule has 160 valence electrons. The lowest BCUT2D eigenvalue weighted by atomic mass is 9.95. The summed E-state index contributed by atoms with van der Waals surface area (Å²) in [6.45, 7) is 0. The van der Waals surface area contributed by atoms with Crippen molar-refractivity contribution in [2.45, 2.75) is 37.5 Å². The Morgan fingerprint density at radius 2 is 1.90 bits per heavy atom. The van der Waals surface area contributed by atoms with E-state index in [0.29, 0.717) is 29.2 Å². The Morgan fingerprint density at radius 3 is 2.74 bits per heavy atom. The van der Waals surface area contributed by atoms with E-state index in [-0.39, 0.29) is 12.0 Å². The van der Waals surface area contributed by atoms with Gasteiger partial charge in [-0.15, -0.1) is 0 Å². The molecule has 1 aromatic carbocycles. The maximum absolute atomic E-state index is 10.7. The van der Waals surface area contributed by atoms with Gasteiger partial charge < -0.3 is 26.2 Å². The van der Waals surface area contributed by atoms with Crippen molar-refractivity contribution in [2.75, 3.05) is 11.5 Å². The summed E-state index contributed by atoms with van der Waals surface area (Å²) in [6.07, 6.45) is 3.40. The molecule has 1 fully saturated rings. The molecular formula is C21H22BrN7O2. The lowest BCUT2D eigenvalue weighted by Gasteiger charge is -2.18. The monoisotopic (exact) mass is 483 g/mol. The van der Waals surface area contributed by atoms with Gasteiger partial charge in [0, 0.05) is 5.39 Å². The Hall–Kier alpha value is -2.82. The van der Waals surface area contributed by atoms with Gasteiger partial charge >= 0.3 is 0 Å². The summed E-state index contributed by atoms with van der Waals surface area (Å²) in [4.78, 5) is 16.9. The van der Waals surface area contributed by atoms with Crippen LogP contribution in [0.2, 0.25) is 0 Å². The third-order valence-electron chi connectivity index (χ3n) is 6.18. The molecule has 1 aliphatic carbocycles. The minimum atomic E-state index is -0.904. The van der Waals surface area contributed by atoms with Crippen molar-refractivity contribution >= 4 is 49.6 Å². The SMILES string of the molecule is Nc1nc2ccc(CC[C@H]3C[C@@H](n4cnc5c(N)ncnc54)[C@H](O)[C@@H]3O)cc2cc1Br. The summed E-state index contributed by atoms with van der Waals surface area (Å²) in [7, 11) is 0. The molecule has 3 heterocycles. The summed E-state index contributed by atoms with van der Waals surface area (Å²) < 4.78 is 2.57. The minimum Gasteiger partial charge on any atom is -0.390 e. The van der Waals surface area contributed by atoms with Gasteiger partial charge in [-0.1, -0.05) is 6.07 Å². The fourth-order valence-electron chi connectivity index (χ4n) is 4.50. The normalized spacial score (nSPS) is 23.7. The zero-order chi connectivity index (χ0) is 21.7. The maximum Gasteiger partial charge on any atom is 0.165 e. The highest BCUT2D eigenvalue weighted by Crippen LogP contribution is 2.39. The Bertz CT molecular complexity index is 1280. The summed E-state index contributed by atoms with van der Waals surface area (Å²) >= 11 is 3.42. The first-order valence-corrected chi connectivity index (χ1v) is 10.9. The number of aromatic nitrogens is 5. The first-order valence-electron chi connectivity index (χ1n) is 10.1. The number of pyridine rings is 1. The largest absolute Gasteiger partial charge is 0.390 e. The lowest BCUT2D eigenvalue weighted by molar-refractivity contribution is 0.00538. The predicted octanol–water partition coefficient (Wildman–Crippen LogP) is 2.22. The zero-order valence-electron chi connectivity index (χ0n) is 16.6. The van der Waals surface area contributed by atoms with Gasteiger partial charge in [0.05, 0.1) is 28.5 Å². The number of rotatable bonds is 4. The summed E-state index contributed by atoms with van der Waals surface area (Å²) in [5.41, 5.74) is 14.8. The van der Waals surface area contributed by atoms with E-state index in [0.717, 1.165) is 33.8 Å². The number of imidazole rings is 1. The van der Waals surface area contributed by atoms with Crippen LogP contribution in [0.4, 0.5) is 11.6 Å². The number of halogens is 1. The molecule has 1 saturated carbocycles. The molecule has 3 aromatic heterocycles. The van der Waals surface area contributed by atoms with Crippen molar-refractivity contribution in [3.05, 3.63) is 47.0 Å². The summed E-state index contributed by atoms with van der Waals surface area (Å²) in [5.74, 6) is 0.713. The van der Waals surface area contributed by atoms with Gasteiger partial charge in [0.15, 0.2) is 11.5 Å². The highest BCUT2D eigenvalue weighted by atomic mass is 79.9. The van der Waals surface area contributed by atoms with E-state index in [9.17, 15) is 10.2 Å². The van der Waals surface area contributed by atoms with Crippen LogP contribution in [0.1, 0.15) is 24.4 Å². The number of aliphatic hydroxyl groups is 2. The number of fused-ring (bicyclic) bond motifs is 2. The molecule has 0 bridgehead atoms. The number of hydrogen-bond donors (Lipinski definition) is 4. The van der Waals surface area contributed by atoms with Gasteiger partial charge in [0.2, 0.25) is 0 Å². The molecule has 9 nitrogen and oxygen atoms in total. The molecule has 0 unspecified atom stereocenters. The van der Waals surface area contributed by atoms with Crippen molar-refractivity contribution in [3.8, 4) is 0 Å². The minimum absolute atomic E-state index is 0.0522. The average Bonchev–Trinajstić information content (AvgIpc) is 3.30. The quantitative estimate of drug-likeness (QED) is 0.345. The molecule has 31 heavy (non-hydrogen) atoms. The number of aryl methyl sites for hydroxylation is 1. The molecule has 10 heteroatoms. The molecule has 1 aliphatic rings. The highest BCUT2D eigenvalue weighted by Gasteiger charge is 2.42. The fraction of sp³-hybridized carbons (Fsp3) is 0.333. The van der Waals surface area contributed by atoms with Crippen molar-refractivity contribution in [3.63, 3.8) is 0 Å². The van der Waals surface area contributed by atoms with Crippen LogP contribution in [0.25, 0.3) is 22.1 Å². The average molecular weight is 484 g/mol. The van der Waals surface area contributed by atoms with E-state index in [4.69, 9.17) is 11.5 Å².